The Labute approximate surface area is 183 Å². The van der Waals surface area contributed by atoms with E-state index in [1.54, 1.807) is 18.2 Å². The normalized spacial score (nSPS) is 10.9. The zero-order valence-corrected chi connectivity index (χ0v) is 17.7. The van der Waals surface area contributed by atoms with Crippen molar-refractivity contribution in [1.82, 2.24) is 5.32 Å². The fraction of sp³-hybridized carbons (Fsp3) is 0.0476. The second-order valence-corrected chi connectivity index (χ2v) is 8.43. The molecule has 0 aliphatic heterocycles. The molecule has 3 N–H and O–H groups in total. The fourth-order valence-electron chi connectivity index (χ4n) is 2.66. The molecule has 0 heterocycles. The molecule has 0 aliphatic rings. The number of carbonyl (C=O) groups excluding carboxylic acids is 2. The molecule has 0 fully saturated rings. The monoisotopic (exact) mass is 461 g/mol. The van der Waals surface area contributed by atoms with E-state index in [-0.39, 0.29) is 27.1 Å². The average molecular weight is 462 g/mol. The van der Waals surface area contributed by atoms with Crippen LogP contribution < -0.4 is 15.4 Å². The maximum atomic E-state index is 13.1. The van der Waals surface area contributed by atoms with Crippen LogP contribution in [0.2, 0.25) is 5.02 Å². The van der Waals surface area contributed by atoms with Gasteiger partial charge in [0.15, 0.2) is 0 Å². The van der Waals surface area contributed by atoms with Crippen LogP contribution in [0.3, 0.4) is 0 Å². The Hall–Kier alpha value is -3.43. The van der Waals surface area contributed by atoms with E-state index in [9.17, 15) is 22.4 Å². The van der Waals surface area contributed by atoms with Crippen LogP contribution in [0.5, 0.6) is 0 Å². The van der Waals surface area contributed by atoms with Crippen molar-refractivity contribution in [2.45, 2.75) is 4.90 Å². The summed E-state index contributed by atoms with van der Waals surface area (Å²) in [5, 5.41) is 5.01. The molecule has 0 radical (unpaired) electrons. The first-order valence-electron chi connectivity index (χ1n) is 8.91. The van der Waals surface area contributed by atoms with Gasteiger partial charge in [-0.3, -0.25) is 14.3 Å². The zero-order chi connectivity index (χ0) is 22.6. The summed E-state index contributed by atoms with van der Waals surface area (Å²) in [7, 11) is -2.66. The summed E-state index contributed by atoms with van der Waals surface area (Å²) in [6.07, 6.45) is 0. The Morgan fingerprint density at radius 3 is 2.23 bits per heavy atom. The van der Waals surface area contributed by atoms with Gasteiger partial charge in [0.2, 0.25) is 0 Å². The molecular formula is C21H17ClFN3O4S. The Bertz CT molecular complexity index is 1250. The fourth-order valence-corrected chi connectivity index (χ4v) is 4.25. The number of hydrogen-bond donors (Lipinski definition) is 3. The number of hydrogen-bond acceptors (Lipinski definition) is 4. The number of nitrogens with one attached hydrogen (secondary N) is 3. The molecule has 160 valence electrons. The van der Waals surface area contributed by atoms with Gasteiger partial charge >= 0.3 is 0 Å². The van der Waals surface area contributed by atoms with Crippen LogP contribution in [0.1, 0.15) is 20.7 Å². The molecule has 0 bridgehead atoms. The number of carbonyl (C=O) groups is 2. The van der Waals surface area contributed by atoms with Gasteiger partial charge in [-0.2, -0.15) is 0 Å². The third-order valence-electron chi connectivity index (χ3n) is 4.19. The van der Waals surface area contributed by atoms with E-state index in [1.807, 2.05) is 0 Å². The number of benzene rings is 3. The smallest absolute Gasteiger partial charge is 0.263 e. The summed E-state index contributed by atoms with van der Waals surface area (Å²) >= 11 is 6.05. The molecule has 10 heteroatoms. The second-order valence-electron chi connectivity index (χ2n) is 6.37. The number of halogens is 2. The SMILES string of the molecule is CNC(=O)c1cccc(NC(=O)c2ccc(Cl)c(S(=O)(=O)Nc3ccc(F)cc3)c2)c1. The Morgan fingerprint density at radius 1 is 0.871 bits per heavy atom. The molecule has 3 aromatic carbocycles. The van der Waals surface area contributed by atoms with Crippen molar-refractivity contribution in [2.24, 2.45) is 0 Å². The minimum Gasteiger partial charge on any atom is -0.355 e. The zero-order valence-electron chi connectivity index (χ0n) is 16.1. The van der Waals surface area contributed by atoms with E-state index in [4.69, 9.17) is 11.6 Å². The summed E-state index contributed by atoms with van der Waals surface area (Å²) in [6, 6.07) is 14.8. The Morgan fingerprint density at radius 2 is 1.55 bits per heavy atom. The Balaban J connectivity index is 1.85. The van der Waals surface area contributed by atoms with Crippen LogP contribution in [-0.4, -0.2) is 27.3 Å². The summed E-state index contributed by atoms with van der Waals surface area (Å²) in [5.74, 6) is -1.42. The standard InChI is InChI=1S/C21H17ClFN3O4S/c1-24-20(27)13-3-2-4-17(11-13)25-21(28)14-5-10-18(22)19(12-14)31(29,30)26-16-8-6-15(23)7-9-16/h2-12,26H,1H3,(H,24,27)(H,25,28). The first kappa shape index (κ1) is 22.3. The van der Waals surface area contributed by atoms with Crippen molar-refractivity contribution in [3.63, 3.8) is 0 Å². The Kier molecular flexibility index (Phi) is 6.57. The molecule has 0 aliphatic carbocycles. The van der Waals surface area contributed by atoms with Gasteiger partial charge in [-0.25, -0.2) is 12.8 Å². The summed E-state index contributed by atoms with van der Waals surface area (Å²) < 4.78 is 40.8. The lowest BCUT2D eigenvalue weighted by molar-refractivity contribution is 0.0961. The summed E-state index contributed by atoms with van der Waals surface area (Å²) in [6.45, 7) is 0. The van der Waals surface area contributed by atoms with Crippen molar-refractivity contribution in [1.29, 1.82) is 0 Å². The molecule has 0 spiro atoms. The molecule has 2 amide bonds. The van der Waals surface area contributed by atoms with Crippen LogP contribution in [0.25, 0.3) is 0 Å². The van der Waals surface area contributed by atoms with E-state index in [2.05, 4.69) is 15.4 Å². The number of amides is 2. The highest BCUT2D eigenvalue weighted by atomic mass is 35.5. The molecule has 0 unspecified atom stereocenters. The molecule has 0 saturated heterocycles. The first-order valence-corrected chi connectivity index (χ1v) is 10.8. The van der Waals surface area contributed by atoms with Crippen LogP contribution in [0.4, 0.5) is 15.8 Å². The third-order valence-corrected chi connectivity index (χ3v) is 6.05. The topological polar surface area (TPSA) is 104 Å². The van der Waals surface area contributed by atoms with Gasteiger partial charge in [-0.1, -0.05) is 17.7 Å². The molecule has 7 nitrogen and oxygen atoms in total. The molecule has 0 saturated carbocycles. The lowest BCUT2D eigenvalue weighted by Crippen LogP contribution is -2.19. The van der Waals surface area contributed by atoms with E-state index >= 15 is 0 Å². The average Bonchev–Trinajstić information content (AvgIpc) is 2.75. The van der Waals surface area contributed by atoms with Crippen molar-refractivity contribution >= 4 is 44.8 Å². The third kappa shape index (κ3) is 5.39. The van der Waals surface area contributed by atoms with Crippen LogP contribution in [0.15, 0.2) is 71.6 Å². The molecule has 3 aromatic rings. The second kappa shape index (κ2) is 9.15. The van der Waals surface area contributed by atoms with E-state index < -0.39 is 21.7 Å². The van der Waals surface area contributed by atoms with Gasteiger partial charge in [-0.05, 0) is 60.7 Å². The van der Waals surface area contributed by atoms with Crippen molar-refractivity contribution < 1.29 is 22.4 Å². The van der Waals surface area contributed by atoms with Gasteiger partial charge in [0.05, 0.1) is 5.02 Å². The minimum atomic E-state index is -4.14. The van der Waals surface area contributed by atoms with E-state index in [1.165, 1.54) is 37.4 Å². The van der Waals surface area contributed by atoms with Gasteiger partial charge in [0.1, 0.15) is 10.7 Å². The largest absolute Gasteiger partial charge is 0.355 e. The maximum absolute atomic E-state index is 13.1. The van der Waals surface area contributed by atoms with Gasteiger partial charge in [-0.15, -0.1) is 0 Å². The van der Waals surface area contributed by atoms with E-state index in [0.29, 0.717) is 11.3 Å². The van der Waals surface area contributed by atoms with E-state index in [0.717, 1.165) is 18.2 Å². The lowest BCUT2D eigenvalue weighted by Gasteiger charge is -2.12. The van der Waals surface area contributed by atoms with Gasteiger partial charge < -0.3 is 10.6 Å². The summed E-state index contributed by atoms with van der Waals surface area (Å²) in [4.78, 5) is 24.1. The van der Waals surface area contributed by atoms with Crippen LogP contribution in [0, 0.1) is 5.82 Å². The highest BCUT2D eigenvalue weighted by Gasteiger charge is 2.21. The predicted molar refractivity (Wildman–Crippen MR) is 116 cm³/mol. The molecule has 0 atom stereocenters. The number of anilines is 2. The predicted octanol–water partition coefficient (Wildman–Crippen LogP) is 3.89. The number of sulfonamides is 1. The van der Waals surface area contributed by atoms with Crippen LogP contribution >= 0.6 is 11.6 Å². The minimum absolute atomic E-state index is 0.0363. The highest BCUT2D eigenvalue weighted by molar-refractivity contribution is 7.92. The molecule has 31 heavy (non-hydrogen) atoms. The molecule has 0 aromatic heterocycles. The van der Waals surface area contributed by atoms with Crippen molar-refractivity contribution in [3.05, 3.63) is 88.7 Å². The van der Waals surface area contributed by atoms with Crippen molar-refractivity contribution in [2.75, 3.05) is 17.1 Å². The highest BCUT2D eigenvalue weighted by Crippen LogP contribution is 2.26. The van der Waals surface area contributed by atoms with Gasteiger partial charge in [0.25, 0.3) is 21.8 Å². The molecule has 3 rings (SSSR count). The summed E-state index contributed by atoms with van der Waals surface area (Å²) in [5.41, 5.74) is 0.880. The lowest BCUT2D eigenvalue weighted by atomic mass is 10.1. The quantitative estimate of drug-likeness (QED) is 0.518. The molecular weight excluding hydrogens is 445 g/mol. The van der Waals surface area contributed by atoms with Crippen LogP contribution in [-0.2, 0) is 10.0 Å². The van der Waals surface area contributed by atoms with Crippen molar-refractivity contribution in [3.8, 4) is 0 Å². The van der Waals surface area contributed by atoms with Gasteiger partial charge in [0, 0.05) is 29.5 Å². The first-order chi connectivity index (χ1) is 14.7. The number of rotatable bonds is 6. The maximum Gasteiger partial charge on any atom is 0.263 e.